The van der Waals surface area contributed by atoms with Gasteiger partial charge in [-0.3, -0.25) is 4.99 Å². The molecule has 0 amide bonds. The first-order valence-corrected chi connectivity index (χ1v) is 8.87. The van der Waals surface area contributed by atoms with Crippen LogP contribution in [0, 0.1) is 13.8 Å². The fourth-order valence-electron chi connectivity index (χ4n) is 3.50. The molecule has 3 rings (SSSR count). The molecular weight excluding hydrogens is 437 g/mol. The molecule has 1 heterocycles. The zero-order valence-corrected chi connectivity index (χ0v) is 17.8. The summed E-state index contributed by atoms with van der Waals surface area (Å²) in [6.07, 6.45) is 1.94. The van der Waals surface area contributed by atoms with E-state index in [4.69, 9.17) is 10.5 Å². The van der Waals surface area contributed by atoms with Crippen LogP contribution in [-0.4, -0.2) is 25.7 Å². The maximum atomic E-state index is 6.14. The first-order valence-electron chi connectivity index (χ1n) is 8.87. The Morgan fingerprint density at radius 1 is 1.08 bits per heavy atom. The predicted octanol–water partition coefficient (Wildman–Crippen LogP) is 4.40. The second-order valence-electron chi connectivity index (χ2n) is 6.90. The van der Waals surface area contributed by atoms with Gasteiger partial charge in [0, 0.05) is 24.3 Å². The van der Waals surface area contributed by atoms with E-state index in [0.29, 0.717) is 12.5 Å². The molecule has 140 valence electrons. The van der Waals surface area contributed by atoms with Crippen LogP contribution in [0.5, 0.6) is 0 Å². The highest BCUT2D eigenvalue weighted by atomic mass is 127. The Labute approximate surface area is 173 Å². The Morgan fingerprint density at radius 2 is 1.73 bits per heavy atom. The average Bonchev–Trinajstić information content (AvgIpc) is 2.63. The number of hydrogen-bond donors (Lipinski definition) is 2. The molecular formula is C21H28IN3O. The fraction of sp³-hybridized carbons (Fsp3) is 0.381. The zero-order chi connectivity index (χ0) is 17.7. The van der Waals surface area contributed by atoms with E-state index in [9.17, 15) is 0 Å². The second kappa shape index (κ2) is 9.37. The van der Waals surface area contributed by atoms with Crippen molar-refractivity contribution in [3.8, 4) is 0 Å². The minimum absolute atomic E-state index is 0. The lowest BCUT2D eigenvalue weighted by atomic mass is 9.72. The van der Waals surface area contributed by atoms with E-state index in [0.717, 1.165) is 31.7 Å². The number of hydrogen-bond acceptors (Lipinski definition) is 2. The fourth-order valence-corrected chi connectivity index (χ4v) is 3.50. The molecule has 26 heavy (non-hydrogen) atoms. The third-order valence-corrected chi connectivity index (χ3v) is 5.04. The van der Waals surface area contributed by atoms with Crippen LogP contribution in [0.4, 0.5) is 5.69 Å². The molecule has 1 saturated heterocycles. The first kappa shape index (κ1) is 20.7. The van der Waals surface area contributed by atoms with Crippen LogP contribution in [0.15, 0.2) is 53.5 Å². The van der Waals surface area contributed by atoms with Crippen molar-refractivity contribution in [3.05, 3.63) is 65.2 Å². The molecule has 1 fully saturated rings. The van der Waals surface area contributed by atoms with Gasteiger partial charge in [0.15, 0.2) is 5.96 Å². The van der Waals surface area contributed by atoms with Crippen LogP contribution < -0.4 is 11.1 Å². The zero-order valence-electron chi connectivity index (χ0n) is 15.5. The highest BCUT2D eigenvalue weighted by molar-refractivity contribution is 14.0. The van der Waals surface area contributed by atoms with Gasteiger partial charge in [0.25, 0.3) is 0 Å². The number of nitrogens with one attached hydrogen (secondary N) is 1. The summed E-state index contributed by atoms with van der Waals surface area (Å²) < 4.78 is 5.60. The molecule has 0 bridgehead atoms. The minimum Gasteiger partial charge on any atom is -0.381 e. The third kappa shape index (κ3) is 4.98. The summed E-state index contributed by atoms with van der Waals surface area (Å²) in [5.74, 6) is 0.461. The topological polar surface area (TPSA) is 59.6 Å². The molecule has 3 N–H and O–H groups in total. The Kier molecular flexibility index (Phi) is 7.46. The van der Waals surface area contributed by atoms with Crippen LogP contribution in [0.3, 0.4) is 0 Å². The molecule has 0 unspecified atom stereocenters. The molecule has 0 spiro atoms. The van der Waals surface area contributed by atoms with Gasteiger partial charge in [-0.25, -0.2) is 0 Å². The monoisotopic (exact) mass is 465 g/mol. The highest BCUT2D eigenvalue weighted by Gasteiger charge is 2.35. The van der Waals surface area contributed by atoms with Crippen LogP contribution in [0.1, 0.15) is 29.5 Å². The standard InChI is InChI=1S/C21H27N3O.HI/c1-16-7-9-18(10-8-16)24-20(22)23-15-21(11-13-25-14-12-21)19-6-4-3-5-17(19)2;/h3-10H,11-15H2,1-2H3,(H3,22,23,24);1H. The van der Waals surface area contributed by atoms with E-state index in [1.807, 2.05) is 12.1 Å². The summed E-state index contributed by atoms with van der Waals surface area (Å²) in [6.45, 7) is 6.46. The van der Waals surface area contributed by atoms with Gasteiger partial charge in [-0.1, -0.05) is 42.0 Å². The van der Waals surface area contributed by atoms with E-state index in [1.54, 1.807) is 0 Å². The van der Waals surface area contributed by atoms with Gasteiger partial charge in [0.05, 0.1) is 6.54 Å². The van der Waals surface area contributed by atoms with Gasteiger partial charge in [-0.05, 0) is 49.9 Å². The Hall–Kier alpha value is -1.60. The largest absolute Gasteiger partial charge is 0.381 e. The smallest absolute Gasteiger partial charge is 0.193 e. The third-order valence-electron chi connectivity index (χ3n) is 5.04. The summed E-state index contributed by atoms with van der Waals surface area (Å²) >= 11 is 0. The van der Waals surface area contributed by atoms with Gasteiger partial charge in [-0.15, -0.1) is 24.0 Å². The van der Waals surface area contributed by atoms with Crippen LogP contribution >= 0.6 is 24.0 Å². The van der Waals surface area contributed by atoms with Crippen LogP contribution in [0.25, 0.3) is 0 Å². The summed E-state index contributed by atoms with van der Waals surface area (Å²) in [4.78, 5) is 4.68. The van der Waals surface area contributed by atoms with Gasteiger partial charge in [0.1, 0.15) is 0 Å². The number of aliphatic imine (C=N–C) groups is 1. The molecule has 2 aromatic rings. The number of aryl methyl sites for hydroxylation is 2. The molecule has 0 aromatic heterocycles. The van der Waals surface area contributed by atoms with Crippen LogP contribution in [0.2, 0.25) is 0 Å². The molecule has 0 atom stereocenters. The number of halogens is 1. The summed E-state index contributed by atoms with van der Waals surface area (Å²) in [5, 5.41) is 3.19. The normalized spacial score (nSPS) is 16.6. The van der Waals surface area contributed by atoms with Crippen molar-refractivity contribution in [2.45, 2.75) is 32.1 Å². The molecule has 2 aromatic carbocycles. The number of guanidine groups is 1. The molecule has 0 radical (unpaired) electrons. The van der Waals surface area contributed by atoms with E-state index < -0.39 is 0 Å². The number of anilines is 1. The van der Waals surface area contributed by atoms with E-state index >= 15 is 0 Å². The van der Waals surface area contributed by atoms with E-state index in [2.05, 4.69) is 60.6 Å². The molecule has 1 aliphatic rings. The lowest BCUT2D eigenvalue weighted by Gasteiger charge is -2.37. The van der Waals surface area contributed by atoms with E-state index in [1.165, 1.54) is 16.7 Å². The highest BCUT2D eigenvalue weighted by Crippen LogP contribution is 2.37. The van der Waals surface area contributed by atoms with Crippen molar-refractivity contribution in [2.75, 3.05) is 25.1 Å². The molecule has 0 aliphatic carbocycles. The SMILES string of the molecule is Cc1ccc(NC(N)=NCC2(c3ccccc3C)CCOCC2)cc1.I. The van der Waals surface area contributed by atoms with Crippen molar-refractivity contribution in [1.29, 1.82) is 0 Å². The van der Waals surface area contributed by atoms with Gasteiger partial charge in [0.2, 0.25) is 0 Å². The van der Waals surface area contributed by atoms with Crippen molar-refractivity contribution in [2.24, 2.45) is 10.7 Å². The van der Waals surface area contributed by atoms with Crippen LogP contribution in [-0.2, 0) is 10.2 Å². The average molecular weight is 465 g/mol. The van der Waals surface area contributed by atoms with Crippen molar-refractivity contribution in [3.63, 3.8) is 0 Å². The molecule has 0 saturated carbocycles. The van der Waals surface area contributed by atoms with Gasteiger partial charge >= 0.3 is 0 Å². The Balaban J connectivity index is 0.00000243. The molecule has 4 nitrogen and oxygen atoms in total. The van der Waals surface area contributed by atoms with Gasteiger partial charge < -0.3 is 15.8 Å². The molecule has 5 heteroatoms. The lowest BCUT2D eigenvalue weighted by Crippen LogP contribution is -2.38. The van der Waals surface area contributed by atoms with Crippen molar-refractivity contribution >= 4 is 35.6 Å². The van der Waals surface area contributed by atoms with Crippen molar-refractivity contribution < 1.29 is 4.74 Å². The maximum absolute atomic E-state index is 6.14. The summed E-state index contributed by atoms with van der Waals surface area (Å²) in [5.41, 5.74) is 11.0. The van der Waals surface area contributed by atoms with Crippen molar-refractivity contribution in [1.82, 2.24) is 0 Å². The number of nitrogens with zero attached hydrogens (tertiary/aromatic N) is 1. The number of ether oxygens (including phenoxy) is 1. The first-order chi connectivity index (χ1) is 12.1. The Bertz CT molecular complexity index is 737. The molecule has 1 aliphatic heterocycles. The summed E-state index contributed by atoms with van der Waals surface area (Å²) in [6, 6.07) is 16.7. The minimum atomic E-state index is 0. The predicted molar refractivity (Wildman–Crippen MR) is 120 cm³/mol. The maximum Gasteiger partial charge on any atom is 0.193 e. The lowest BCUT2D eigenvalue weighted by molar-refractivity contribution is 0.0529. The quantitative estimate of drug-likeness (QED) is 0.400. The Morgan fingerprint density at radius 3 is 2.38 bits per heavy atom. The summed E-state index contributed by atoms with van der Waals surface area (Å²) in [7, 11) is 0. The second-order valence-corrected chi connectivity index (χ2v) is 6.90. The number of benzene rings is 2. The van der Waals surface area contributed by atoms with E-state index in [-0.39, 0.29) is 29.4 Å². The number of rotatable bonds is 4. The van der Waals surface area contributed by atoms with Gasteiger partial charge in [-0.2, -0.15) is 0 Å². The number of nitrogens with two attached hydrogens (primary N) is 1.